The summed E-state index contributed by atoms with van der Waals surface area (Å²) in [4.78, 5) is 29.6. The van der Waals surface area contributed by atoms with Gasteiger partial charge in [0.2, 0.25) is 0 Å². The molecule has 0 bridgehead atoms. The number of methoxy groups -OCH3 is 1. The van der Waals surface area contributed by atoms with Crippen molar-refractivity contribution in [3.05, 3.63) is 66.4 Å². The number of benzene rings is 2. The smallest absolute Gasteiger partial charge is 0.412 e. The lowest BCUT2D eigenvalue weighted by molar-refractivity contribution is 0.0588. The van der Waals surface area contributed by atoms with E-state index in [0.717, 1.165) is 5.75 Å². The third-order valence-corrected chi connectivity index (χ3v) is 5.14. The van der Waals surface area contributed by atoms with E-state index in [1.807, 2.05) is 30.3 Å². The number of hydrogen-bond acceptors (Lipinski definition) is 7. The number of para-hydroxylation sites is 1. The van der Waals surface area contributed by atoms with Gasteiger partial charge in [-0.05, 0) is 42.5 Å². The van der Waals surface area contributed by atoms with Gasteiger partial charge in [0.15, 0.2) is 11.4 Å². The molecule has 1 aromatic heterocycles. The van der Waals surface area contributed by atoms with Crippen LogP contribution in [-0.4, -0.2) is 55.6 Å². The van der Waals surface area contributed by atoms with Crippen molar-refractivity contribution in [3.63, 3.8) is 0 Å². The summed E-state index contributed by atoms with van der Waals surface area (Å²) in [5.41, 5.74) is 1.56. The highest BCUT2D eigenvalue weighted by molar-refractivity contribution is 5.92. The zero-order valence-corrected chi connectivity index (χ0v) is 18.6. The number of anilines is 1. The van der Waals surface area contributed by atoms with Crippen molar-refractivity contribution in [1.29, 1.82) is 0 Å². The molecule has 4 rings (SSSR count). The van der Waals surface area contributed by atoms with Crippen LogP contribution >= 0.6 is 0 Å². The van der Waals surface area contributed by atoms with Crippen LogP contribution in [0.2, 0.25) is 0 Å². The predicted molar refractivity (Wildman–Crippen MR) is 124 cm³/mol. The van der Waals surface area contributed by atoms with Gasteiger partial charge in [-0.15, -0.1) is 0 Å². The van der Waals surface area contributed by atoms with Gasteiger partial charge in [-0.1, -0.05) is 18.2 Å². The Balaban J connectivity index is 1.49. The van der Waals surface area contributed by atoms with Crippen molar-refractivity contribution in [2.45, 2.75) is 6.42 Å². The Hall–Kier alpha value is -4.27. The number of fused-ring (bicyclic) bond motifs is 1. The minimum Gasteiger partial charge on any atom is -0.493 e. The topological polar surface area (TPSA) is 107 Å². The second kappa shape index (κ2) is 10.6. The van der Waals surface area contributed by atoms with Crippen LogP contribution in [-0.2, 0) is 4.74 Å². The molecule has 0 atom stereocenters. The number of ether oxygens (including phenoxy) is 4. The van der Waals surface area contributed by atoms with E-state index in [1.165, 1.54) is 12.0 Å². The first kappa shape index (κ1) is 22.9. The fourth-order valence-electron chi connectivity index (χ4n) is 3.49. The lowest BCUT2D eigenvalue weighted by Gasteiger charge is -2.27. The monoisotopic (exact) mass is 464 g/mol. The number of aromatic nitrogens is 1. The number of rotatable bonds is 8. The maximum Gasteiger partial charge on any atom is 0.412 e. The molecule has 0 aliphatic carbocycles. The Morgan fingerprint density at radius 3 is 2.62 bits per heavy atom. The average Bonchev–Trinajstić information content (AvgIpc) is 2.88. The first-order valence-corrected chi connectivity index (χ1v) is 10.7. The Morgan fingerprint density at radius 1 is 1.06 bits per heavy atom. The highest BCUT2D eigenvalue weighted by atomic mass is 16.5. The molecule has 0 spiro atoms. The minimum absolute atomic E-state index is 0.0352. The maximum atomic E-state index is 12.4. The summed E-state index contributed by atoms with van der Waals surface area (Å²) in [5, 5.41) is 9.49. The molecule has 176 valence electrons. The molecule has 1 aliphatic rings. The molecular weight excluding hydrogens is 440 g/mol. The van der Waals surface area contributed by atoms with Crippen molar-refractivity contribution < 1.29 is 33.6 Å². The number of pyridine rings is 1. The Kier molecular flexibility index (Phi) is 7.12. The number of hydrogen-bond donors (Lipinski definition) is 1. The normalized spacial score (nSPS) is 12.3. The van der Waals surface area contributed by atoms with Crippen LogP contribution in [0.15, 0.2) is 60.7 Å². The van der Waals surface area contributed by atoms with Crippen LogP contribution in [0.4, 0.5) is 10.5 Å². The summed E-state index contributed by atoms with van der Waals surface area (Å²) in [7, 11) is 1.27. The Labute approximate surface area is 196 Å². The van der Waals surface area contributed by atoms with Crippen LogP contribution in [0.5, 0.6) is 17.2 Å². The van der Waals surface area contributed by atoms with Crippen molar-refractivity contribution in [2.24, 2.45) is 0 Å². The van der Waals surface area contributed by atoms with Crippen molar-refractivity contribution in [1.82, 2.24) is 4.98 Å². The third kappa shape index (κ3) is 5.20. The maximum absolute atomic E-state index is 12.4. The molecule has 9 nitrogen and oxygen atoms in total. The lowest BCUT2D eigenvalue weighted by atomic mass is 10.1. The molecule has 1 N–H and O–H groups in total. The fraction of sp³-hybridized carbons (Fsp3) is 0.240. The molecule has 34 heavy (non-hydrogen) atoms. The first-order chi connectivity index (χ1) is 16.6. The number of carboxylic acid groups (broad SMARTS) is 1. The summed E-state index contributed by atoms with van der Waals surface area (Å²) in [6.45, 7) is 1.29. The molecule has 3 aromatic rings. The molecule has 0 radical (unpaired) electrons. The van der Waals surface area contributed by atoms with Gasteiger partial charge in [0.05, 0.1) is 38.2 Å². The van der Waals surface area contributed by atoms with Crippen LogP contribution in [0.3, 0.4) is 0 Å². The van der Waals surface area contributed by atoms with E-state index in [-0.39, 0.29) is 18.8 Å². The van der Waals surface area contributed by atoms with Gasteiger partial charge in [-0.3, -0.25) is 4.90 Å². The minimum atomic E-state index is -1.06. The van der Waals surface area contributed by atoms with Crippen LogP contribution in [0.25, 0.3) is 11.3 Å². The van der Waals surface area contributed by atoms with E-state index in [4.69, 9.17) is 18.9 Å². The van der Waals surface area contributed by atoms with E-state index >= 15 is 0 Å². The van der Waals surface area contributed by atoms with Crippen molar-refractivity contribution in [2.75, 3.05) is 38.4 Å². The molecular formula is C25H24N2O7. The fourth-order valence-corrected chi connectivity index (χ4v) is 3.49. The van der Waals surface area contributed by atoms with Gasteiger partial charge >= 0.3 is 12.1 Å². The van der Waals surface area contributed by atoms with Gasteiger partial charge < -0.3 is 24.1 Å². The van der Waals surface area contributed by atoms with Gasteiger partial charge in [-0.2, -0.15) is 0 Å². The molecule has 1 aliphatic heterocycles. The van der Waals surface area contributed by atoms with Gasteiger partial charge in [0, 0.05) is 12.0 Å². The van der Waals surface area contributed by atoms with E-state index in [1.54, 1.807) is 30.3 Å². The molecule has 0 unspecified atom stereocenters. The standard InChI is InChI=1S/C25H24N2O7/c1-31-24(28)23-22(33-14-5-13-32-18-6-3-2-4-7-18)11-9-19(26-23)17-8-10-21-20(16-17)27(25(29)30)12-15-34-21/h2-4,6-11,16H,5,12-15H2,1H3,(H,29,30). The second-order valence-electron chi connectivity index (χ2n) is 7.36. The highest BCUT2D eigenvalue weighted by Crippen LogP contribution is 2.36. The van der Waals surface area contributed by atoms with Crippen LogP contribution in [0.1, 0.15) is 16.9 Å². The molecule has 2 heterocycles. The molecule has 9 heteroatoms. The van der Waals surface area contributed by atoms with E-state index < -0.39 is 12.1 Å². The summed E-state index contributed by atoms with van der Waals surface area (Å²) < 4.78 is 21.9. The molecule has 1 amide bonds. The number of carbonyl (C=O) groups is 2. The third-order valence-electron chi connectivity index (χ3n) is 5.14. The van der Waals surface area contributed by atoms with Crippen molar-refractivity contribution in [3.8, 4) is 28.5 Å². The summed E-state index contributed by atoms with van der Waals surface area (Å²) >= 11 is 0. The Morgan fingerprint density at radius 2 is 1.85 bits per heavy atom. The van der Waals surface area contributed by atoms with Crippen LogP contribution in [0, 0.1) is 0 Å². The van der Waals surface area contributed by atoms with Gasteiger partial charge in [0.1, 0.15) is 18.1 Å². The quantitative estimate of drug-likeness (QED) is 0.389. The molecule has 0 saturated carbocycles. The molecule has 0 fully saturated rings. The largest absolute Gasteiger partial charge is 0.493 e. The van der Waals surface area contributed by atoms with E-state index in [9.17, 15) is 14.7 Å². The van der Waals surface area contributed by atoms with E-state index in [0.29, 0.717) is 48.1 Å². The van der Waals surface area contributed by atoms with Gasteiger partial charge in [-0.25, -0.2) is 14.6 Å². The Bertz CT molecular complexity index is 1170. The molecule has 2 aromatic carbocycles. The first-order valence-electron chi connectivity index (χ1n) is 10.7. The number of esters is 1. The number of nitrogens with zero attached hydrogens (tertiary/aromatic N) is 2. The van der Waals surface area contributed by atoms with Gasteiger partial charge in [0.25, 0.3) is 0 Å². The summed E-state index contributed by atoms with van der Waals surface area (Å²) in [6, 6.07) is 18.0. The SMILES string of the molecule is COC(=O)c1nc(-c2ccc3c(c2)N(C(=O)O)CCO3)ccc1OCCCOc1ccccc1. The van der Waals surface area contributed by atoms with Crippen LogP contribution < -0.4 is 19.1 Å². The molecule has 0 saturated heterocycles. The number of amides is 1. The lowest BCUT2D eigenvalue weighted by Crippen LogP contribution is -2.36. The van der Waals surface area contributed by atoms with Crippen molar-refractivity contribution >= 4 is 17.7 Å². The highest BCUT2D eigenvalue weighted by Gasteiger charge is 2.24. The summed E-state index contributed by atoms with van der Waals surface area (Å²) in [6.07, 6.45) is -0.461. The second-order valence-corrected chi connectivity index (χ2v) is 7.36. The average molecular weight is 464 g/mol. The summed E-state index contributed by atoms with van der Waals surface area (Å²) in [5.74, 6) is 0.915. The predicted octanol–water partition coefficient (Wildman–Crippen LogP) is 4.26. The number of carbonyl (C=O) groups excluding carboxylic acids is 1. The zero-order chi connectivity index (χ0) is 23.9. The zero-order valence-electron chi connectivity index (χ0n) is 18.6. The van der Waals surface area contributed by atoms with E-state index in [2.05, 4.69) is 4.98 Å².